The van der Waals surface area contributed by atoms with Gasteiger partial charge in [-0.05, 0) is 0 Å². The van der Waals surface area contributed by atoms with Gasteiger partial charge in [0.25, 0.3) is 5.91 Å². The van der Waals surface area contributed by atoms with Crippen LogP contribution in [-0.2, 0) is 4.79 Å². The lowest BCUT2D eigenvalue weighted by Crippen LogP contribution is -2.40. The Labute approximate surface area is 92.1 Å². The zero-order valence-corrected chi connectivity index (χ0v) is 8.73. The summed E-state index contributed by atoms with van der Waals surface area (Å²) in [5.41, 5.74) is -0.155. The van der Waals surface area contributed by atoms with Crippen molar-refractivity contribution in [2.75, 3.05) is 13.1 Å². The first kappa shape index (κ1) is 10.6. The third kappa shape index (κ3) is 2.03. The average Bonchev–Trinajstić information content (AvgIpc) is 2.30. The fourth-order valence-corrected chi connectivity index (χ4v) is 1.71. The van der Waals surface area contributed by atoms with Gasteiger partial charge in [-0.3, -0.25) is 14.4 Å². The second kappa shape index (κ2) is 4.30. The smallest absolute Gasteiger partial charge is 0.259 e. The van der Waals surface area contributed by atoms with E-state index in [9.17, 15) is 14.4 Å². The van der Waals surface area contributed by atoms with E-state index in [-0.39, 0.29) is 22.7 Å². The molecule has 1 aromatic rings. The van der Waals surface area contributed by atoms with Crippen molar-refractivity contribution in [2.45, 2.75) is 12.8 Å². The molecule has 5 nitrogen and oxygen atoms in total. The highest BCUT2D eigenvalue weighted by molar-refractivity contribution is 5.95. The number of aromatic amines is 1. The SMILES string of the molecule is O=C1CCN(C(=O)c2c[nH]ccc2=O)CC1. The lowest BCUT2D eigenvalue weighted by atomic mass is 10.1. The molecule has 5 heteroatoms. The number of piperidine rings is 1. The molecule has 0 aromatic carbocycles. The van der Waals surface area contributed by atoms with Crippen LogP contribution in [0, 0.1) is 0 Å². The highest BCUT2D eigenvalue weighted by atomic mass is 16.2. The van der Waals surface area contributed by atoms with E-state index in [1.165, 1.54) is 18.5 Å². The second-order valence-corrected chi connectivity index (χ2v) is 3.75. The monoisotopic (exact) mass is 220 g/mol. The number of hydrogen-bond acceptors (Lipinski definition) is 3. The molecule has 0 saturated carbocycles. The Balaban J connectivity index is 2.17. The Hall–Kier alpha value is -1.91. The number of hydrogen-bond donors (Lipinski definition) is 1. The molecule has 1 aliphatic rings. The summed E-state index contributed by atoms with van der Waals surface area (Å²) in [6.45, 7) is 0.817. The van der Waals surface area contributed by atoms with Crippen LogP contribution in [0.5, 0.6) is 0 Å². The van der Waals surface area contributed by atoms with Crippen LogP contribution in [0.25, 0.3) is 0 Å². The van der Waals surface area contributed by atoms with E-state index < -0.39 is 0 Å². The van der Waals surface area contributed by atoms with Gasteiger partial charge >= 0.3 is 0 Å². The highest BCUT2D eigenvalue weighted by Gasteiger charge is 2.23. The molecule has 0 atom stereocenters. The number of amides is 1. The number of nitrogens with zero attached hydrogens (tertiary/aromatic N) is 1. The van der Waals surface area contributed by atoms with E-state index >= 15 is 0 Å². The van der Waals surface area contributed by atoms with Crippen LogP contribution in [0.2, 0.25) is 0 Å². The molecule has 84 valence electrons. The minimum atomic E-state index is -0.297. The lowest BCUT2D eigenvalue weighted by molar-refractivity contribution is -0.120. The Kier molecular flexibility index (Phi) is 2.85. The van der Waals surface area contributed by atoms with Crippen molar-refractivity contribution in [1.29, 1.82) is 0 Å². The standard InChI is InChI=1S/C11H12N2O3/c14-8-2-5-13(6-3-8)11(16)9-7-12-4-1-10(9)15/h1,4,7H,2-3,5-6H2,(H,12,15). The first-order valence-electron chi connectivity index (χ1n) is 5.16. The number of H-pyrrole nitrogens is 1. The molecule has 2 heterocycles. The summed E-state index contributed by atoms with van der Waals surface area (Å²) in [6.07, 6.45) is 3.66. The van der Waals surface area contributed by atoms with Gasteiger partial charge in [-0.1, -0.05) is 0 Å². The van der Waals surface area contributed by atoms with Crippen molar-refractivity contribution >= 4 is 11.7 Å². The molecule has 1 fully saturated rings. The summed E-state index contributed by atoms with van der Waals surface area (Å²) >= 11 is 0. The van der Waals surface area contributed by atoms with Crippen LogP contribution in [0.15, 0.2) is 23.3 Å². The van der Waals surface area contributed by atoms with Crippen molar-refractivity contribution in [2.24, 2.45) is 0 Å². The first-order valence-corrected chi connectivity index (χ1v) is 5.16. The number of pyridine rings is 1. The van der Waals surface area contributed by atoms with Gasteiger partial charge in [0, 0.05) is 44.4 Å². The van der Waals surface area contributed by atoms with E-state index in [0.29, 0.717) is 25.9 Å². The van der Waals surface area contributed by atoms with E-state index in [1.54, 1.807) is 4.90 Å². The molecule has 1 amide bonds. The molecule has 1 N–H and O–H groups in total. The van der Waals surface area contributed by atoms with Crippen molar-refractivity contribution in [3.05, 3.63) is 34.2 Å². The minimum Gasteiger partial charge on any atom is -0.367 e. The van der Waals surface area contributed by atoms with Gasteiger partial charge in [-0.15, -0.1) is 0 Å². The maximum Gasteiger partial charge on any atom is 0.259 e. The zero-order valence-electron chi connectivity index (χ0n) is 8.73. The van der Waals surface area contributed by atoms with Gasteiger partial charge in [0.1, 0.15) is 11.3 Å². The average molecular weight is 220 g/mol. The molecule has 16 heavy (non-hydrogen) atoms. The maximum absolute atomic E-state index is 11.9. The highest BCUT2D eigenvalue weighted by Crippen LogP contribution is 2.08. The predicted molar refractivity (Wildman–Crippen MR) is 57.2 cm³/mol. The Morgan fingerprint density at radius 2 is 1.94 bits per heavy atom. The van der Waals surface area contributed by atoms with Gasteiger partial charge in [-0.2, -0.15) is 0 Å². The van der Waals surface area contributed by atoms with Crippen molar-refractivity contribution in [3.8, 4) is 0 Å². The lowest BCUT2D eigenvalue weighted by Gasteiger charge is -2.25. The van der Waals surface area contributed by atoms with E-state index in [2.05, 4.69) is 4.98 Å². The van der Waals surface area contributed by atoms with Crippen molar-refractivity contribution < 1.29 is 9.59 Å². The Morgan fingerprint density at radius 1 is 1.25 bits per heavy atom. The third-order valence-electron chi connectivity index (χ3n) is 2.66. The quantitative estimate of drug-likeness (QED) is 0.734. The fraction of sp³-hybridized carbons (Fsp3) is 0.364. The van der Waals surface area contributed by atoms with E-state index in [1.807, 2.05) is 0 Å². The van der Waals surface area contributed by atoms with Crippen LogP contribution in [-0.4, -0.2) is 34.7 Å². The molecule has 0 unspecified atom stereocenters. The number of aromatic nitrogens is 1. The van der Waals surface area contributed by atoms with Crippen molar-refractivity contribution in [1.82, 2.24) is 9.88 Å². The van der Waals surface area contributed by atoms with Crippen molar-refractivity contribution in [3.63, 3.8) is 0 Å². The number of ketones is 1. The van der Waals surface area contributed by atoms with Crippen LogP contribution < -0.4 is 5.43 Å². The van der Waals surface area contributed by atoms with Gasteiger partial charge < -0.3 is 9.88 Å². The largest absolute Gasteiger partial charge is 0.367 e. The summed E-state index contributed by atoms with van der Waals surface area (Å²) in [4.78, 5) is 38.6. The summed E-state index contributed by atoms with van der Waals surface area (Å²) < 4.78 is 0. The molecule has 0 radical (unpaired) electrons. The van der Waals surface area contributed by atoms with Crippen LogP contribution >= 0.6 is 0 Å². The molecular formula is C11H12N2O3. The third-order valence-corrected chi connectivity index (χ3v) is 2.66. The maximum atomic E-state index is 11.9. The molecule has 2 rings (SSSR count). The number of Topliss-reactive ketones (excluding diaryl/α,β-unsaturated/α-hetero) is 1. The number of carbonyl (C=O) groups excluding carboxylic acids is 2. The zero-order chi connectivity index (χ0) is 11.5. The summed E-state index contributed by atoms with van der Waals surface area (Å²) in [7, 11) is 0. The summed E-state index contributed by atoms with van der Waals surface area (Å²) in [6, 6.07) is 1.32. The topological polar surface area (TPSA) is 70.2 Å². The summed E-state index contributed by atoms with van der Waals surface area (Å²) in [5.74, 6) is -0.125. The molecule has 0 bridgehead atoms. The first-order chi connectivity index (χ1) is 7.68. The molecular weight excluding hydrogens is 208 g/mol. The van der Waals surface area contributed by atoms with E-state index in [0.717, 1.165) is 0 Å². The van der Waals surface area contributed by atoms with Gasteiger partial charge in [-0.25, -0.2) is 0 Å². The number of carbonyl (C=O) groups is 2. The van der Waals surface area contributed by atoms with Crippen LogP contribution in [0.1, 0.15) is 23.2 Å². The Bertz CT molecular complexity index is 468. The van der Waals surface area contributed by atoms with E-state index in [4.69, 9.17) is 0 Å². The van der Waals surface area contributed by atoms with Gasteiger partial charge in [0.15, 0.2) is 5.43 Å². The molecule has 1 aromatic heterocycles. The summed E-state index contributed by atoms with van der Waals surface area (Å²) in [5, 5.41) is 0. The fourth-order valence-electron chi connectivity index (χ4n) is 1.71. The molecule has 1 saturated heterocycles. The molecule has 1 aliphatic heterocycles. The van der Waals surface area contributed by atoms with Gasteiger partial charge in [0.05, 0.1) is 0 Å². The minimum absolute atomic E-state index is 0.136. The number of nitrogens with one attached hydrogen (secondary N) is 1. The Morgan fingerprint density at radius 3 is 2.56 bits per heavy atom. The number of rotatable bonds is 1. The van der Waals surface area contributed by atoms with Gasteiger partial charge in [0.2, 0.25) is 0 Å². The van der Waals surface area contributed by atoms with Crippen LogP contribution in [0.4, 0.5) is 0 Å². The second-order valence-electron chi connectivity index (χ2n) is 3.75. The molecule has 0 spiro atoms. The predicted octanol–water partition coefficient (Wildman–Crippen LogP) is 0.180. The molecule has 0 aliphatic carbocycles. The number of likely N-dealkylation sites (tertiary alicyclic amines) is 1. The normalized spacial score (nSPS) is 16.2. The van der Waals surface area contributed by atoms with Crippen LogP contribution in [0.3, 0.4) is 0 Å².